The molecule has 1 aromatic carbocycles. The number of benzene rings is 1. The van der Waals surface area contributed by atoms with E-state index in [1.165, 1.54) is 18.6 Å². The van der Waals surface area contributed by atoms with Crippen LogP contribution in [0.4, 0.5) is 4.39 Å². The Morgan fingerprint density at radius 2 is 2.00 bits per heavy atom. The molecule has 4 heteroatoms. The molecule has 1 aliphatic rings. The summed E-state index contributed by atoms with van der Waals surface area (Å²) in [5.74, 6) is 0.294. The Hall–Kier alpha value is -1.58. The molecule has 3 nitrogen and oxygen atoms in total. The van der Waals surface area contributed by atoms with Crippen molar-refractivity contribution in [2.75, 3.05) is 13.1 Å². The predicted octanol–water partition coefficient (Wildman–Crippen LogP) is 2.91. The third-order valence-electron chi connectivity index (χ3n) is 3.46. The molecule has 0 saturated carbocycles. The van der Waals surface area contributed by atoms with Crippen molar-refractivity contribution in [2.45, 2.75) is 39.2 Å². The van der Waals surface area contributed by atoms with Crippen LogP contribution in [0.1, 0.15) is 31.7 Å². The largest absolute Gasteiger partial charge is 0.481 e. The van der Waals surface area contributed by atoms with Crippen molar-refractivity contribution in [3.63, 3.8) is 0 Å². The second kappa shape index (κ2) is 6.04. The van der Waals surface area contributed by atoms with E-state index < -0.39 is 6.10 Å². The molecule has 0 radical (unpaired) electrons. The Morgan fingerprint density at radius 1 is 1.32 bits per heavy atom. The van der Waals surface area contributed by atoms with Crippen molar-refractivity contribution >= 4 is 5.91 Å². The Kier molecular flexibility index (Phi) is 4.40. The monoisotopic (exact) mass is 265 g/mol. The van der Waals surface area contributed by atoms with E-state index in [1.807, 2.05) is 4.90 Å². The van der Waals surface area contributed by atoms with Crippen LogP contribution >= 0.6 is 0 Å². The van der Waals surface area contributed by atoms with Crippen molar-refractivity contribution in [1.82, 2.24) is 4.90 Å². The third-order valence-corrected chi connectivity index (χ3v) is 3.46. The van der Waals surface area contributed by atoms with Gasteiger partial charge in [0.15, 0.2) is 6.10 Å². The molecule has 0 spiro atoms. The molecule has 1 atom stereocenters. The van der Waals surface area contributed by atoms with E-state index in [1.54, 1.807) is 19.9 Å². The second-order valence-corrected chi connectivity index (χ2v) is 5.06. The maximum absolute atomic E-state index is 13.0. The summed E-state index contributed by atoms with van der Waals surface area (Å²) in [4.78, 5) is 14.1. The highest BCUT2D eigenvalue weighted by Crippen LogP contribution is 2.20. The predicted molar refractivity (Wildman–Crippen MR) is 71.7 cm³/mol. The fraction of sp³-hybridized carbons (Fsp3) is 0.533. The zero-order valence-electron chi connectivity index (χ0n) is 11.5. The topological polar surface area (TPSA) is 29.5 Å². The van der Waals surface area contributed by atoms with Crippen molar-refractivity contribution in [1.29, 1.82) is 0 Å². The SMILES string of the molecule is Cc1cc(F)ccc1OC(C)C(=O)N1CCCCC1. The van der Waals surface area contributed by atoms with Crippen LogP contribution in [0, 0.1) is 12.7 Å². The number of aryl methyl sites for hydroxylation is 1. The number of likely N-dealkylation sites (tertiary alicyclic amines) is 1. The minimum Gasteiger partial charge on any atom is -0.481 e. The van der Waals surface area contributed by atoms with E-state index in [4.69, 9.17) is 4.74 Å². The third kappa shape index (κ3) is 3.46. The number of hydrogen-bond acceptors (Lipinski definition) is 2. The summed E-state index contributed by atoms with van der Waals surface area (Å²) in [5, 5.41) is 0. The molecule has 1 unspecified atom stereocenters. The highest BCUT2D eigenvalue weighted by molar-refractivity contribution is 5.81. The van der Waals surface area contributed by atoms with Gasteiger partial charge < -0.3 is 9.64 Å². The van der Waals surface area contributed by atoms with Gasteiger partial charge in [0, 0.05) is 13.1 Å². The van der Waals surface area contributed by atoms with E-state index in [9.17, 15) is 9.18 Å². The highest BCUT2D eigenvalue weighted by atomic mass is 19.1. The van der Waals surface area contributed by atoms with E-state index in [-0.39, 0.29) is 11.7 Å². The smallest absolute Gasteiger partial charge is 0.263 e. The molecule has 0 bridgehead atoms. The number of carbonyl (C=O) groups is 1. The standard InChI is InChI=1S/C15H20FNO2/c1-11-10-13(16)6-7-14(11)19-12(2)15(18)17-8-4-3-5-9-17/h6-7,10,12H,3-5,8-9H2,1-2H3. The normalized spacial score (nSPS) is 17.1. The molecule has 1 aromatic rings. The quantitative estimate of drug-likeness (QED) is 0.841. The van der Waals surface area contributed by atoms with Crippen LogP contribution in [0.15, 0.2) is 18.2 Å². The maximum atomic E-state index is 13.0. The van der Waals surface area contributed by atoms with Crippen LogP contribution in [0.25, 0.3) is 0 Å². The molecule has 0 N–H and O–H groups in total. The van der Waals surface area contributed by atoms with Crippen molar-refractivity contribution in [3.8, 4) is 5.75 Å². The van der Waals surface area contributed by atoms with Gasteiger partial charge in [0.25, 0.3) is 5.91 Å². The zero-order chi connectivity index (χ0) is 13.8. The molecule has 19 heavy (non-hydrogen) atoms. The Bertz CT molecular complexity index is 455. The molecule has 0 aromatic heterocycles. The van der Waals surface area contributed by atoms with Crippen LogP contribution in [-0.2, 0) is 4.79 Å². The molecule has 1 amide bonds. The Labute approximate surface area is 113 Å². The van der Waals surface area contributed by atoms with Gasteiger partial charge in [-0.15, -0.1) is 0 Å². The summed E-state index contributed by atoms with van der Waals surface area (Å²) in [6.45, 7) is 5.15. The van der Waals surface area contributed by atoms with Gasteiger partial charge in [-0.2, -0.15) is 0 Å². The maximum Gasteiger partial charge on any atom is 0.263 e. The molecule has 0 aliphatic carbocycles. The average molecular weight is 265 g/mol. The van der Waals surface area contributed by atoms with Crippen LogP contribution in [0.3, 0.4) is 0 Å². The van der Waals surface area contributed by atoms with Crippen LogP contribution < -0.4 is 4.74 Å². The minimum absolute atomic E-state index is 0.0171. The summed E-state index contributed by atoms with van der Waals surface area (Å²) in [5.41, 5.74) is 0.707. The van der Waals surface area contributed by atoms with E-state index >= 15 is 0 Å². The van der Waals surface area contributed by atoms with E-state index in [2.05, 4.69) is 0 Å². The first-order chi connectivity index (χ1) is 9.08. The lowest BCUT2D eigenvalue weighted by molar-refractivity contribution is -0.138. The summed E-state index contributed by atoms with van der Waals surface area (Å²) in [7, 11) is 0. The minimum atomic E-state index is -0.526. The molecular formula is C15H20FNO2. The first-order valence-electron chi connectivity index (χ1n) is 6.79. The number of rotatable bonds is 3. The van der Waals surface area contributed by atoms with Gasteiger partial charge in [0.2, 0.25) is 0 Å². The Balaban J connectivity index is 1.99. The lowest BCUT2D eigenvalue weighted by Crippen LogP contribution is -2.43. The number of carbonyl (C=O) groups excluding carboxylic acids is 1. The second-order valence-electron chi connectivity index (χ2n) is 5.06. The fourth-order valence-corrected chi connectivity index (χ4v) is 2.36. The van der Waals surface area contributed by atoms with Crippen molar-refractivity contribution < 1.29 is 13.9 Å². The van der Waals surface area contributed by atoms with Crippen LogP contribution in [-0.4, -0.2) is 30.0 Å². The average Bonchev–Trinajstić information content (AvgIpc) is 2.42. The van der Waals surface area contributed by atoms with Crippen molar-refractivity contribution in [3.05, 3.63) is 29.6 Å². The zero-order valence-corrected chi connectivity index (χ0v) is 11.5. The summed E-state index contributed by atoms with van der Waals surface area (Å²) in [6.07, 6.45) is 2.79. The van der Waals surface area contributed by atoms with E-state index in [0.717, 1.165) is 25.9 Å². The van der Waals surface area contributed by atoms with Gasteiger partial charge in [-0.3, -0.25) is 4.79 Å². The number of piperidine rings is 1. The lowest BCUT2D eigenvalue weighted by Gasteiger charge is -2.29. The lowest BCUT2D eigenvalue weighted by atomic mass is 10.1. The van der Waals surface area contributed by atoms with E-state index in [0.29, 0.717) is 11.3 Å². The molecule has 2 rings (SSSR count). The number of amides is 1. The molecule has 1 heterocycles. The molecule has 104 valence electrons. The van der Waals surface area contributed by atoms with Gasteiger partial charge in [0.1, 0.15) is 11.6 Å². The van der Waals surface area contributed by atoms with Gasteiger partial charge in [0.05, 0.1) is 0 Å². The van der Waals surface area contributed by atoms with Gasteiger partial charge in [-0.1, -0.05) is 0 Å². The van der Waals surface area contributed by atoms with Gasteiger partial charge in [-0.05, 0) is 56.9 Å². The van der Waals surface area contributed by atoms with Crippen LogP contribution in [0.2, 0.25) is 0 Å². The number of halogens is 1. The first kappa shape index (κ1) is 13.8. The highest BCUT2D eigenvalue weighted by Gasteiger charge is 2.23. The number of nitrogens with zero attached hydrogens (tertiary/aromatic N) is 1. The summed E-state index contributed by atoms with van der Waals surface area (Å²) >= 11 is 0. The van der Waals surface area contributed by atoms with Crippen molar-refractivity contribution in [2.24, 2.45) is 0 Å². The number of ether oxygens (including phenoxy) is 1. The Morgan fingerprint density at radius 3 is 2.63 bits per heavy atom. The van der Waals surface area contributed by atoms with Gasteiger partial charge >= 0.3 is 0 Å². The van der Waals surface area contributed by atoms with Crippen LogP contribution in [0.5, 0.6) is 5.75 Å². The first-order valence-corrected chi connectivity index (χ1v) is 6.79. The summed E-state index contributed by atoms with van der Waals surface area (Å²) in [6, 6.07) is 4.33. The molecule has 1 aliphatic heterocycles. The van der Waals surface area contributed by atoms with Gasteiger partial charge in [-0.25, -0.2) is 4.39 Å². The molecular weight excluding hydrogens is 245 g/mol. The summed E-state index contributed by atoms with van der Waals surface area (Å²) < 4.78 is 18.7. The molecule has 1 fully saturated rings. The number of hydrogen-bond donors (Lipinski definition) is 0. The fourth-order valence-electron chi connectivity index (χ4n) is 2.36. The molecule has 1 saturated heterocycles.